The summed E-state index contributed by atoms with van der Waals surface area (Å²) in [5, 5.41) is 3.08. The summed E-state index contributed by atoms with van der Waals surface area (Å²) < 4.78 is 5.33. The number of amides is 2. The van der Waals surface area contributed by atoms with Crippen molar-refractivity contribution in [3.8, 4) is 0 Å². The van der Waals surface area contributed by atoms with Crippen LogP contribution in [0.2, 0.25) is 0 Å². The molecule has 0 spiro atoms. The van der Waals surface area contributed by atoms with Crippen LogP contribution >= 0.6 is 0 Å². The molecule has 2 aliphatic rings. The van der Waals surface area contributed by atoms with Gasteiger partial charge in [0, 0.05) is 32.7 Å². The minimum atomic E-state index is 0.120. The van der Waals surface area contributed by atoms with Crippen LogP contribution in [0.4, 0.5) is 4.79 Å². The van der Waals surface area contributed by atoms with Crippen molar-refractivity contribution in [3.63, 3.8) is 0 Å². The van der Waals surface area contributed by atoms with Gasteiger partial charge in [-0.1, -0.05) is 13.8 Å². The normalized spacial score (nSPS) is 23.6. The second kappa shape index (κ2) is 7.99. The van der Waals surface area contributed by atoms with Gasteiger partial charge in [0.15, 0.2) is 0 Å². The molecule has 0 aliphatic carbocycles. The van der Waals surface area contributed by atoms with E-state index in [1.54, 1.807) is 0 Å². The molecule has 0 aromatic heterocycles. The zero-order valence-electron chi connectivity index (χ0n) is 13.7. The quantitative estimate of drug-likeness (QED) is 0.807. The van der Waals surface area contributed by atoms with Gasteiger partial charge in [-0.05, 0) is 37.6 Å². The second-order valence-corrected chi connectivity index (χ2v) is 7.04. The lowest BCUT2D eigenvalue weighted by atomic mass is 9.85. The standard InChI is InChI=1S/C16H31N3O2/c1-16(2)5-3-9-19(10-6-16)15(20)17-7-4-8-18-11-13-21-14-12-18/h3-14H2,1-2H3,(H,17,20). The van der Waals surface area contributed by atoms with Gasteiger partial charge in [0.25, 0.3) is 0 Å². The lowest BCUT2D eigenvalue weighted by Gasteiger charge is -2.27. The van der Waals surface area contributed by atoms with E-state index in [4.69, 9.17) is 4.74 Å². The molecule has 122 valence electrons. The molecule has 2 saturated heterocycles. The van der Waals surface area contributed by atoms with Crippen LogP contribution in [0.25, 0.3) is 0 Å². The predicted octanol–water partition coefficient (Wildman–Crippen LogP) is 1.93. The van der Waals surface area contributed by atoms with E-state index in [0.717, 1.165) is 71.7 Å². The van der Waals surface area contributed by atoms with Crippen molar-refractivity contribution in [3.05, 3.63) is 0 Å². The summed E-state index contributed by atoms with van der Waals surface area (Å²) in [7, 11) is 0. The highest BCUT2D eigenvalue weighted by Crippen LogP contribution is 2.29. The SMILES string of the molecule is CC1(C)CCCN(C(=O)NCCCN2CCOCC2)CC1. The van der Waals surface area contributed by atoms with Crippen molar-refractivity contribution in [1.29, 1.82) is 0 Å². The Morgan fingerprint density at radius 2 is 1.90 bits per heavy atom. The Bertz CT molecular complexity index is 327. The summed E-state index contributed by atoms with van der Waals surface area (Å²) in [5.41, 5.74) is 0.380. The fraction of sp³-hybridized carbons (Fsp3) is 0.938. The van der Waals surface area contributed by atoms with Crippen LogP contribution in [0, 0.1) is 5.41 Å². The Labute approximate surface area is 129 Å². The van der Waals surface area contributed by atoms with Gasteiger partial charge >= 0.3 is 6.03 Å². The summed E-state index contributed by atoms with van der Waals surface area (Å²) >= 11 is 0. The van der Waals surface area contributed by atoms with Crippen molar-refractivity contribution in [2.75, 3.05) is 52.5 Å². The number of nitrogens with one attached hydrogen (secondary N) is 1. The van der Waals surface area contributed by atoms with Crippen molar-refractivity contribution in [2.24, 2.45) is 5.41 Å². The van der Waals surface area contributed by atoms with E-state index < -0.39 is 0 Å². The van der Waals surface area contributed by atoms with Crippen molar-refractivity contribution in [2.45, 2.75) is 39.5 Å². The maximum Gasteiger partial charge on any atom is 0.317 e. The van der Waals surface area contributed by atoms with Gasteiger partial charge in [-0.15, -0.1) is 0 Å². The first-order chi connectivity index (χ1) is 10.1. The Balaban J connectivity index is 1.60. The van der Waals surface area contributed by atoms with Crippen LogP contribution in [0.5, 0.6) is 0 Å². The number of likely N-dealkylation sites (tertiary alicyclic amines) is 1. The maximum atomic E-state index is 12.2. The third-order valence-corrected chi connectivity index (χ3v) is 4.66. The molecule has 0 radical (unpaired) electrons. The van der Waals surface area contributed by atoms with Gasteiger partial charge in [0.2, 0.25) is 0 Å². The number of hydrogen-bond acceptors (Lipinski definition) is 3. The van der Waals surface area contributed by atoms with E-state index in [1.165, 1.54) is 6.42 Å². The van der Waals surface area contributed by atoms with Crippen LogP contribution in [0.3, 0.4) is 0 Å². The molecule has 5 heteroatoms. The van der Waals surface area contributed by atoms with E-state index in [-0.39, 0.29) is 6.03 Å². The third kappa shape index (κ3) is 5.83. The number of carbonyl (C=O) groups is 1. The molecule has 0 atom stereocenters. The molecule has 2 rings (SSSR count). The first-order valence-corrected chi connectivity index (χ1v) is 8.40. The summed E-state index contributed by atoms with van der Waals surface area (Å²) in [4.78, 5) is 16.6. The van der Waals surface area contributed by atoms with Gasteiger partial charge in [0.05, 0.1) is 13.2 Å². The Morgan fingerprint density at radius 3 is 2.67 bits per heavy atom. The zero-order chi connectivity index (χ0) is 15.1. The Hall–Kier alpha value is -0.810. The lowest BCUT2D eigenvalue weighted by molar-refractivity contribution is 0.0375. The molecule has 0 bridgehead atoms. The van der Waals surface area contributed by atoms with Crippen LogP contribution < -0.4 is 5.32 Å². The van der Waals surface area contributed by atoms with Crippen LogP contribution in [0.15, 0.2) is 0 Å². The van der Waals surface area contributed by atoms with Crippen LogP contribution in [0.1, 0.15) is 39.5 Å². The van der Waals surface area contributed by atoms with Gasteiger partial charge in [-0.2, -0.15) is 0 Å². The number of rotatable bonds is 4. The van der Waals surface area contributed by atoms with Crippen molar-refractivity contribution < 1.29 is 9.53 Å². The summed E-state index contributed by atoms with van der Waals surface area (Å²) in [6.07, 6.45) is 4.46. The molecule has 2 fully saturated rings. The largest absolute Gasteiger partial charge is 0.379 e. The molecule has 1 N–H and O–H groups in total. The number of urea groups is 1. The fourth-order valence-corrected chi connectivity index (χ4v) is 3.06. The fourth-order valence-electron chi connectivity index (χ4n) is 3.06. The van der Waals surface area contributed by atoms with Crippen LogP contribution in [-0.4, -0.2) is 68.3 Å². The Kier molecular flexibility index (Phi) is 6.30. The third-order valence-electron chi connectivity index (χ3n) is 4.66. The Morgan fingerprint density at radius 1 is 1.14 bits per heavy atom. The molecule has 5 nitrogen and oxygen atoms in total. The van der Waals surface area contributed by atoms with Gasteiger partial charge in [-0.25, -0.2) is 4.79 Å². The molecular formula is C16H31N3O2. The maximum absolute atomic E-state index is 12.2. The molecular weight excluding hydrogens is 266 g/mol. The molecule has 0 aromatic rings. The van der Waals surface area contributed by atoms with E-state index in [1.807, 2.05) is 4.90 Å². The summed E-state index contributed by atoms with van der Waals surface area (Å²) in [5.74, 6) is 0. The topological polar surface area (TPSA) is 44.8 Å². The highest BCUT2D eigenvalue weighted by atomic mass is 16.5. The first kappa shape index (κ1) is 16.6. The molecule has 0 aromatic carbocycles. The van der Waals surface area contributed by atoms with Crippen LogP contribution in [-0.2, 0) is 4.74 Å². The van der Waals surface area contributed by atoms with E-state index >= 15 is 0 Å². The minimum Gasteiger partial charge on any atom is -0.379 e. The summed E-state index contributed by atoms with van der Waals surface area (Å²) in [6, 6.07) is 0.120. The number of nitrogens with zero attached hydrogens (tertiary/aromatic N) is 2. The highest BCUT2D eigenvalue weighted by molar-refractivity contribution is 5.74. The smallest absolute Gasteiger partial charge is 0.317 e. The minimum absolute atomic E-state index is 0.120. The zero-order valence-corrected chi connectivity index (χ0v) is 13.7. The number of carbonyl (C=O) groups excluding carboxylic acids is 1. The van der Waals surface area contributed by atoms with E-state index in [2.05, 4.69) is 24.1 Å². The molecule has 21 heavy (non-hydrogen) atoms. The van der Waals surface area contributed by atoms with E-state index in [0.29, 0.717) is 5.41 Å². The number of ether oxygens (including phenoxy) is 1. The molecule has 2 amide bonds. The monoisotopic (exact) mass is 297 g/mol. The average Bonchev–Trinajstić information content (AvgIpc) is 2.65. The van der Waals surface area contributed by atoms with Crippen molar-refractivity contribution in [1.82, 2.24) is 15.1 Å². The molecule has 0 saturated carbocycles. The predicted molar refractivity (Wildman–Crippen MR) is 84.5 cm³/mol. The van der Waals surface area contributed by atoms with Gasteiger partial charge < -0.3 is 15.0 Å². The number of hydrogen-bond donors (Lipinski definition) is 1. The average molecular weight is 297 g/mol. The molecule has 0 unspecified atom stereocenters. The first-order valence-electron chi connectivity index (χ1n) is 8.40. The summed E-state index contributed by atoms with van der Waals surface area (Å²) in [6.45, 7) is 12.0. The van der Waals surface area contributed by atoms with Gasteiger partial charge in [-0.3, -0.25) is 4.90 Å². The van der Waals surface area contributed by atoms with Crippen molar-refractivity contribution >= 4 is 6.03 Å². The van der Waals surface area contributed by atoms with Gasteiger partial charge in [0.1, 0.15) is 0 Å². The molecule has 2 aliphatic heterocycles. The lowest BCUT2D eigenvalue weighted by Crippen LogP contribution is -2.42. The molecule has 2 heterocycles. The highest BCUT2D eigenvalue weighted by Gasteiger charge is 2.25. The number of morpholine rings is 1. The second-order valence-electron chi connectivity index (χ2n) is 7.04. The van der Waals surface area contributed by atoms with E-state index in [9.17, 15) is 4.79 Å².